The lowest BCUT2D eigenvalue weighted by Gasteiger charge is -2.08. The van der Waals surface area contributed by atoms with Crippen LogP contribution in [0.4, 0.5) is 14.8 Å². The monoisotopic (exact) mass is 431 g/mol. The lowest BCUT2D eigenvalue weighted by atomic mass is 10.1. The lowest BCUT2D eigenvalue weighted by Crippen LogP contribution is -2.17. The topological polar surface area (TPSA) is 68.6 Å². The third-order valence-corrected chi connectivity index (χ3v) is 5.29. The summed E-state index contributed by atoms with van der Waals surface area (Å²) in [7, 11) is 0. The third kappa shape index (κ3) is 5.85. The molecule has 166 valence electrons. The molecule has 1 saturated heterocycles. The van der Waals surface area contributed by atoms with Crippen molar-refractivity contribution in [2.75, 3.05) is 38.2 Å². The average Bonchev–Trinajstić information content (AvgIpc) is 3.42. The van der Waals surface area contributed by atoms with Crippen molar-refractivity contribution in [1.29, 1.82) is 0 Å². The maximum Gasteiger partial charge on any atom is 0.295 e. The van der Waals surface area contributed by atoms with Crippen LogP contribution in [-0.2, 0) is 0 Å². The molecule has 2 N–H and O–H groups in total. The Labute approximate surface area is 179 Å². The summed E-state index contributed by atoms with van der Waals surface area (Å²) in [4.78, 5) is 4.46. The highest BCUT2D eigenvalue weighted by Crippen LogP contribution is 2.25. The number of para-hydroxylation sites is 1. The molecule has 4 rings (SSSR count). The number of hydrogen-bond acceptors (Lipinski definition) is 6. The van der Waals surface area contributed by atoms with Crippen LogP contribution >= 0.6 is 0 Å². The molecule has 0 radical (unpaired) electrons. The molecule has 0 aliphatic carbocycles. The molecule has 1 fully saturated rings. The molecule has 2 aromatic carbocycles. The highest BCUT2D eigenvalue weighted by Gasteiger charge is 2.15. The second kappa shape index (κ2) is 10.4. The summed E-state index contributed by atoms with van der Waals surface area (Å²) in [5.41, 5.74) is 1.47. The van der Waals surface area contributed by atoms with Crippen molar-refractivity contribution in [2.45, 2.75) is 25.7 Å². The van der Waals surface area contributed by atoms with Crippen molar-refractivity contribution in [3.8, 4) is 11.5 Å². The Bertz CT molecular complexity index is 969. The zero-order chi connectivity index (χ0) is 21.5. The Balaban J connectivity index is 1.16. The Morgan fingerprint density at radius 2 is 1.87 bits per heavy atom. The van der Waals surface area contributed by atoms with E-state index in [2.05, 4.69) is 15.6 Å². The molecular formula is C23H27F2N3O3. The molecule has 0 bridgehead atoms. The first-order chi connectivity index (χ1) is 15.2. The van der Waals surface area contributed by atoms with Gasteiger partial charge >= 0.3 is 0 Å². The van der Waals surface area contributed by atoms with E-state index >= 15 is 0 Å². The summed E-state index contributed by atoms with van der Waals surface area (Å²) in [6.45, 7) is 3.73. The van der Waals surface area contributed by atoms with Crippen LogP contribution in [0.3, 0.4) is 0 Å². The van der Waals surface area contributed by atoms with Crippen molar-refractivity contribution in [3.05, 3.63) is 48.0 Å². The molecule has 1 aliphatic heterocycles. The second-order valence-electron chi connectivity index (χ2n) is 7.70. The Kier molecular flexibility index (Phi) is 7.19. The van der Waals surface area contributed by atoms with Gasteiger partial charge in [-0.15, -0.1) is 0 Å². The smallest absolute Gasteiger partial charge is 0.295 e. The summed E-state index contributed by atoms with van der Waals surface area (Å²) in [6, 6.07) is 9.82. The van der Waals surface area contributed by atoms with Crippen LogP contribution in [0.5, 0.6) is 11.5 Å². The van der Waals surface area contributed by atoms with E-state index in [4.69, 9.17) is 13.9 Å². The van der Waals surface area contributed by atoms with Gasteiger partial charge in [-0.2, -0.15) is 4.98 Å². The minimum absolute atomic E-state index is 0.259. The van der Waals surface area contributed by atoms with Gasteiger partial charge in [-0.1, -0.05) is 6.07 Å². The number of nitrogens with one attached hydrogen (secondary N) is 2. The van der Waals surface area contributed by atoms with E-state index in [9.17, 15) is 8.78 Å². The van der Waals surface area contributed by atoms with Crippen molar-refractivity contribution in [1.82, 2.24) is 10.3 Å². The number of ether oxygens (including phenoxy) is 2. The van der Waals surface area contributed by atoms with Crippen LogP contribution in [0.15, 0.2) is 40.8 Å². The standard InChI is InChI=1S/C23H27F2N3O3/c24-18-5-4-6-19(25)22(18)30-12-3-1-2-11-29-17-7-8-20-21(13-17)31-23(28-20)27-15-16-9-10-26-14-16/h4-8,13,16,26H,1-3,9-12,14-15H2,(H,27,28)/t16-/m0/s1. The molecule has 0 spiro atoms. The van der Waals surface area contributed by atoms with E-state index in [0.29, 0.717) is 30.5 Å². The summed E-state index contributed by atoms with van der Waals surface area (Å²) in [5.74, 6) is -0.349. The number of anilines is 1. The number of oxazole rings is 1. The van der Waals surface area contributed by atoms with Crippen molar-refractivity contribution in [2.24, 2.45) is 5.92 Å². The second-order valence-corrected chi connectivity index (χ2v) is 7.70. The molecule has 0 amide bonds. The van der Waals surface area contributed by atoms with Crippen molar-refractivity contribution in [3.63, 3.8) is 0 Å². The van der Waals surface area contributed by atoms with Crippen LogP contribution in [0.2, 0.25) is 0 Å². The highest BCUT2D eigenvalue weighted by molar-refractivity contribution is 5.76. The van der Waals surface area contributed by atoms with Crippen molar-refractivity contribution >= 4 is 17.1 Å². The first kappa shape index (κ1) is 21.4. The number of hydrogen-bond donors (Lipinski definition) is 2. The zero-order valence-corrected chi connectivity index (χ0v) is 17.3. The van der Waals surface area contributed by atoms with Gasteiger partial charge in [0.1, 0.15) is 11.3 Å². The zero-order valence-electron chi connectivity index (χ0n) is 17.3. The Morgan fingerprint density at radius 3 is 2.65 bits per heavy atom. The predicted molar refractivity (Wildman–Crippen MR) is 115 cm³/mol. The molecule has 0 unspecified atom stereocenters. The number of fused-ring (bicyclic) bond motifs is 1. The fraction of sp³-hybridized carbons (Fsp3) is 0.435. The molecular weight excluding hydrogens is 404 g/mol. The Morgan fingerprint density at radius 1 is 1.06 bits per heavy atom. The van der Waals surface area contributed by atoms with Gasteiger partial charge in [0.25, 0.3) is 6.01 Å². The maximum absolute atomic E-state index is 13.5. The molecule has 6 nitrogen and oxygen atoms in total. The normalized spacial score (nSPS) is 16.0. The first-order valence-electron chi connectivity index (χ1n) is 10.7. The molecule has 1 aromatic heterocycles. The number of halogens is 2. The average molecular weight is 431 g/mol. The van der Waals surface area contributed by atoms with Gasteiger partial charge < -0.3 is 24.5 Å². The quantitative estimate of drug-likeness (QED) is 0.427. The predicted octanol–water partition coefficient (Wildman–Crippen LogP) is 4.76. The maximum atomic E-state index is 13.5. The summed E-state index contributed by atoms with van der Waals surface area (Å²) >= 11 is 0. The SMILES string of the molecule is Fc1cccc(F)c1OCCCCCOc1ccc2nc(NC[C@H]3CCNC3)oc2c1. The van der Waals surface area contributed by atoms with Gasteiger partial charge in [0.05, 0.1) is 13.2 Å². The number of nitrogens with zero attached hydrogens (tertiary/aromatic N) is 1. The summed E-state index contributed by atoms with van der Waals surface area (Å²) in [5, 5.41) is 6.61. The molecule has 1 aliphatic rings. The van der Waals surface area contributed by atoms with E-state index in [-0.39, 0.29) is 12.4 Å². The minimum Gasteiger partial charge on any atom is -0.493 e. The first-order valence-corrected chi connectivity index (χ1v) is 10.7. The van der Waals surface area contributed by atoms with E-state index in [1.807, 2.05) is 18.2 Å². The van der Waals surface area contributed by atoms with Crippen molar-refractivity contribution < 1.29 is 22.7 Å². The third-order valence-electron chi connectivity index (χ3n) is 5.29. The van der Waals surface area contributed by atoms with Crippen LogP contribution in [-0.4, -0.2) is 37.8 Å². The fourth-order valence-corrected chi connectivity index (χ4v) is 3.56. The van der Waals surface area contributed by atoms with Gasteiger partial charge in [-0.3, -0.25) is 0 Å². The van der Waals surface area contributed by atoms with E-state index in [1.54, 1.807) is 0 Å². The van der Waals surface area contributed by atoms with Gasteiger partial charge in [0.2, 0.25) is 0 Å². The van der Waals surface area contributed by atoms with Crippen LogP contribution in [0, 0.1) is 17.6 Å². The van der Waals surface area contributed by atoms with E-state index in [1.165, 1.54) is 18.2 Å². The molecule has 3 aromatic rings. The molecule has 31 heavy (non-hydrogen) atoms. The number of unbranched alkanes of at least 4 members (excludes halogenated alkanes) is 2. The fourth-order valence-electron chi connectivity index (χ4n) is 3.56. The molecule has 8 heteroatoms. The number of rotatable bonds is 11. The number of aromatic nitrogens is 1. The van der Waals surface area contributed by atoms with Gasteiger partial charge in [0, 0.05) is 12.6 Å². The summed E-state index contributed by atoms with van der Waals surface area (Å²) in [6.07, 6.45) is 3.48. The van der Waals surface area contributed by atoms with Crippen LogP contribution < -0.4 is 20.1 Å². The number of benzene rings is 2. The highest BCUT2D eigenvalue weighted by atomic mass is 19.1. The molecule has 1 atom stereocenters. The largest absolute Gasteiger partial charge is 0.493 e. The Hall–Kier alpha value is -2.87. The van der Waals surface area contributed by atoms with Gasteiger partial charge in [-0.25, -0.2) is 8.78 Å². The molecule has 2 heterocycles. The van der Waals surface area contributed by atoms with Gasteiger partial charge in [-0.05, 0) is 69.0 Å². The molecule has 0 saturated carbocycles. The van der Waals surface area contributed by atoms with E-state index in [0.717, 1.165) is 50.2 Å². The van der Waals surface area contributed by atoms with Crippen LogP contribution in [0.1, 0.15) is 25.7 Å². The summed E-state index contributed by atoms with van der Waals surface area (Å²) < 4.78 is 43.8. The minimum atomic E-state index is -0.681. The van der Waals surface area contributed by atoms with Gasteiger partial charge in [0.15, 0.2) is 23.0 Å². The van der Waals surface area contributed by atoms with E-state index < -0.39 is 11.6 Å². The van der Waals surface area contributed by atoms with Crippen LogP contribution in [0.25, 0.3) is 11.1 Å². The lowest BCUT2D eigenvalue weighted by molar-refractivity contribution is 0.263.